The van der Waals surface area contributed by atoms with Gasteiger partial charge < -0.3 is 5.73 Å². The summed E-state index contributed by atoms with van der Waals surface area (Å²) in [5, 5.41) is 6.32. The minimum atomic E-state index is -4.52. The van der Waals surface area contributed by atoms with Crippen molar-refractivity contribution in [1.82, 2.24) is 14.8 Å². The van der Waals surface area contributed by atoms with Crippen LogP contribution in [0.3, 0.4) is 0 Å². The zero-order chi connectivity index (χ0) is 15.2. The molecule has 0 bridgehead atoms. The van der Waals surface area contributed by atoms with Crippen molar-refractivity contribution in [3.8, 4) is 0 Å². The monoisotopic (exact) mass is 316 g/mol. The topological polar surface area (TPSA) is 76.7 Å². The van der Waals surface area contributed by atoms with E-state index in [1.165, 1.54) is 16.7 Å². The third-order valence-electron chi connectivity index (χ3n) is 3.09. The minimum Gasteiger partial charge on any atom is -0.399 e. The van der Waals surface area contributed by atoms with E-state index in [9.17, 15) is 18.0 Å². The average molecular weight is 316 g/mol. The van der Waals surface area contributed by atoms with Gasteiger partial charge in [-0.1, -0.05) is 0 Å². The van der Waals surface area contributed by atoms with Gasteiger partial charge in [0.05, 0.1) is 5.56 Å². The Morgan fingerprint density at radius 3 is 2.71 bits per heavy atom. The maximum atomic E-state index is 13.0. The Morgan fingerprint density at radius 2 is 2.10 bits per heavy atom. The number of alkyl halides is 3. The third kappa shape index (κ3) is 2.78. The van der Waals surface area contributed by atoms with E-state index < -0.39 is 17.4 Å². The van der Waals surface area contributed by atoms with Crippen molar-refractivity contribution in [2.24, 2.45) is 0 Å². The van der Waals surface area contributed by atoms with Crippen molar-refractivity contribution < 1.29 is 13.2 Å². The maximum absolute atomic E-state index is 13.0. The van der Waals surface area contributed by atoms with Crippen LogP contribution in [-0.2, 0) is 6.18 Å². The van der Waals surface area contributed by atoms with Crippen molar-refractivity contribution in [3.63, 3.8) is 0 Å². The van der Waals surface area contributed by atoms with Crippen LogP contribution < -0.4 is 11.4 Å². The van der Waals surface area contributed by atoms with Gasteiger partial charge in [-0.15, -0.1) is 5.10 Å². The van der Waals surface area contributed by atoms with Crippen LogP contribution >= 0.6 is 11.8 Å². The van der Waals surface area contributed by atoms with E-state index in [0.29, 0.717) is 0 Å². The quantitative estimate of drug-likeness (QED) is 0.854. The van der Waals surface area contributed by atoms with Crippen LogP contribution in [0.5, 0.6) is 0 Å². The Hall–Kier alpha value is -1.90. The lowest BCUT2D eigenvalue weighted by molar-refractivity contribution is -0.139. The molecule has 1 heterocycles. The number of hydrogen-bond donors (Lipinski definition) is 2. The van der Waals surface area contributed by atoms with Gasteiger partial charge in [-0.25, -0.2) is 9.89 Å². The number of aromatic amines is 1. The molecule has 0 atom stereocenters. The van der Waals surface area contributed by atoms with E-state index in [2.05, 4.69) is 10.2 Å². The highest BCUT2D eigenvalue weighted by molar-refractivity contribution is 7.99. The Kier molecular flexibility index (Phi) is 3.23. The second kappa shape index (κ2) is 4.83. The Labute approximate surface area is 121 Å². The fraction of sp³-hybridized carbons (Fsp3) is 0.333. The molecule has 5 nitrogen and oxygen atoms in total. The molecule has 2 aromatic rings. The molecule has 0 amide bonds. The zero-order valence-electron chi connectivity index (χ0n) is 10.6. The van der Waals surface area contributed by atoms with Gasteiger partial charge in [0.15, 0.2) is 5.16 Å². The van der Waals surface area contributed by atoms with E-state index >= 15 is 0 Å². The first-order valence-corrected chi connectivity index (χ1v) is 6.99. The number of H-pyrrole nitrogens is 1. The van der Waals surface area contributed by atoms with Crippen molar-refractivity contribution in [2.45, 2.75) is 35.1 Å². The van der Waals surface area contributed by atoms with Crippen LogP contribution in [0.15, 0.2) is 33.0 Å². The Balaban J connectivity index is 2.01. The number of rotatable bonds is 3. The summed E-state index contributed by atoms with van der Waals surface area (Å²) in [6, 6.07) is 3.60. The lowest BCUT2D eigenvalue weighted by Crippen LogP contribution is -2.16. The maximum Gasteiger partial charge on any atom is 0.417 e. The predicted octanol–water partition coefficient (Wildman–Crippen LogP) is 2.66. The number of aromatic nitrogens is 3. The molecule has 21 heavy (non-hydrogen) atoms. The van der Waals surface area contributed by atoms with Gasteiger partial charge in [0, 0.05) is 16.6 Å². The van der Waals surface area contributed by atoms with Crippen LogP contribution in [0, 0.1) is 0 Å². The minimum absolute atomic E-state index is 0.0295. The molecule has 1 aromatic heterocycles. The molecule has 0 aliphatic heterocycles. The number of nitrogens with two attached hydrogens (primary N) is 1. The molecule has 0 radical (unpaired) electrons. The summed E-state index contributed by atoms with van der Waals surface area (Å²) in [5.74, 6) is 0. The van der Waals surface area contributed by atoms with Gasteiger partial charge in [-0.3, -0.25) is 4.57 Å². The molecule has 0 spiro atoms. The number of hydrogen-bond acceptors (Lipinski definition) is 4. The van der Waals surface area contributed by atoms with E-state index in [4.69, 9.17) is 5.73 Å². The highest BCUT2D eigenvalue weighted by Gasteiger charge is 2.35. The first-order chi connectivity index (χ1) is 9.86. The first kappa shape index (κ1) is 14.1. The number of benzene rings is 1. The molecule has 0 saturated heterocycles. The van der Waals surface area contributed by atoms with Crippen LogP contribution in [-0.4, -0.2) is 14.8 Å². The fourth-order valence-corrected chi connectivity index (χ4v) is 3.01. The third-order valence-corrected chi connectivity index (χ3v) is 4.14. The molecule has 1 aliphatic rings. The molecule has 1 fully saturated rings. The first-order valence-electron chi connectivity index (χ1n) is 6.18. The summed E-state index contributed by atoms with van der Waals surface area (Å²) in [7, 11) is 0. The predicted molar refractivity (Wildman–Crippen MR) is 71.1 cm³/mol. The second-order valence-electron chi connectivity index (χ2n) is 4.77. The summed E-state index contributed by atoms with van der Waals surface area (Å²) in [6.45, 7) is 0. The fourth-order valence-electron chi connectivity index (χ4n) is 1.97. The van der Waals surface area contributed by atoms with Crippen molar-refractivity contribution >= 4 is 17.4 Å². The van der Waals surface area contributed by atoms with E-state index in [-0.39, 0.29) is 21.8 Å². The molecule has 1 aliphatic carbocycles. The van der Waals surface area contributed by atoms with Gasteiger partial charge >= 0.3 is 11.9 Å². The number of anilines is 1. The Morgan fingerprint density at radius 1 is 1.38 bits per heavy atom. The molecule has 0 unspecified atom stereocenters. The van der Waals surface area contributed by atoms with Gasteiger partial charge in [0.2, 0.25) is 0 Å². The lowest BCUT2D eigenvalue weighted by Gasteiger charge is -2.13. The average Bonchev–Trinajstić information content (AvgIpc) is 3.16. The summed E-state index contributed by atoms with van der Waals surface area (Å²) >= 11 is 0.811. The largest absolute Gasteiger partial charge is 0.417 e. The van der Waals surface area contributed by atoms with Crippen LogP contribution in [0.2, 0.25) is 0 Å². The standard InChI is InChI=1S/C12H11F3N4OS/c13-12(14,15)8-5-6(16)1-4-9(8)21-11-18-17-10(20)19(11)7-2-3-7/h1,4-5,7H,2-3,16H2,(H,17,20). The highest BCUT2D eigenvalue weighted by Crippen LogP contribution is 2.42. The van der Waals surface area contributed by atoms with Crippen LogP contribution in [0.25, 0.3) is 0 Å². The molecular formula is C12H11F3N4OS. The van der Waals surface area contributed by atoms with E-state index in [1.54, 1.807) is 0 Å². The highest BCUT2D eigenvalue weighted by atomic mass is 32.2. The molecule has 3 N–H and O–H groups in total. The van der Waals surface area contributed by atoms with E-state index in [0.717, 1.165) is 30.7 Å². The molecule has 112 valence electrons. The normalized spacial score (nSPS) is 15.4. The van der Waals surface area contributed by atoms with Gasteiger partial charge in [0.25, 0.3) is 0 Å². The smallest absolute Gasteiger partial charge is 0.399 e. The van der Waals surface area contributed by atoms with Crippen molar-refractivity contribution in [1.29, 1.82) is 0 Å². The van der Waals surface area contributed by atoms with Crippen LogP contribution in [0.4, 0.5) is 18.9 Å². The second-order valence-corrected chi connectivity index (χ2v) is 5.78. The number of halogens is 3. The SMILES string of the molecule is Nc1ccc(Sc2n[nH]c(=O)n2C2CC2)c(C(F)(F)F)c1. The summed E-state index contributed by atoms with van der Waals surface area (Å²) in [6.07, 6.45) is -2.85. The summed E-state index contributed by atoms with van der Waals surface area (Å²) in [4.78, 5) is 11.6. The van der Waals surface area contributed by atoms with Crippen LogP contribution in [0.1, 0.15) is 24.4 Å². The molecule has 9 heteroatoms. The van der Waals surface area contributed by atoms with Gasteiger partial charge in [-0.05, 0) is 42.8 Å². The lowest BCUT2D eigenvalue weighted by atomic mass is 10.2. The molecular weight excluding hydrogens is 305 g/mol. The molecule has 3 rings (SSSR count). The summed E-state index contributed by atoms with van der Waals surface area (Å²) in [5.41, 5.74) is 4.23. The zero-order valence-corrected chi connectivity index (χ0v) is 11.5. The van der Waals surface area contributed by atoms with Gasteiger partial charge in [0.1, 0.15) is 0 Å². The number of nitrogens with zero attached hydrogens (tertiary/aromatic N) is 2. The van der Waals surface area contributed by atoms with Crippen molar-refractivity contribution in [3.05, 3.63) is 34.2 Å². The van der Waals surface area contributed by atoms with Gasteiger partial charge in [-0.2, -0.15) is 13.2 Å². The molecule has 1 saturated carbocycles. The van der Waals surface area contributed by atoms with E-state index in [1.807, 2.05) is 0 Å². The van der Waals surface area contributed by atoms with Crippen molar-refractivity contribution in [2.75, 3.05) is 5.73 Å². The number of nitrogens with one attached hydrogen (secondary N) is 1. The molecule has 1 aromatic carbocycles. The summed E-state index contributed by atoms with van der Waals surface area (Å²) < 4.78 is 40.5. The number of nitrogen functional groups attached to an aromatic ring is 1. The Bertz CT molecular complexity index is 733.